The molecule has 0 fully saturated rings. The van der Waals surface area contributed by atoms with E-state index < -0.39 is 35.9 Å². The number of ether oxygens (including phenoxy) is 2. The topological polar surface area (TPSA) is 84.9 Å². The second-order valence-electron chi connectivity index (χ2n) is 7.08. The smallest absolute Gasteiger partial charge is 0.347 e. The van der Waals surface area contributed by atoms with E-state index in [0.717, 1.165) is 0 Å². The van der Waals surface area contributed by atoms with Crippen LogP contribution in [0, 0.1) is 5.82 Å². The summed E-state index contributed by atoms with van der Waals surface area (Å²) in [4.78, 5) is 38.8. The van der Waals surface area contributed by atoms with E-state index in [1.807, 2.05) is 0 Å². The van der Waals surface area contributed by atoms with Crippen LogP contribution in [0.1, 0.15) is 20.8 Å². The molecule has 152 valence electrons. The fourth-order valence-electron chi connectivity index (χ4n) is 2.98. The molecule has 2 amide bonds. The van der Waals surface area contributed by atoms with Crippen molar-refractivity contribution in [3.05, 3.63) is 54.3 Å². The Balaban J connectivity index is 1.67. The largest absolute Gasteiger partial charge is 0.479 e. The highest BCUT2D eigenvalue weighted by molar-refractivity contribution is 6.14. The molecule has 1 aliphatic rings. The number of fused-ring (bicyclic) bond motifs is 1. The molecule has 2 aromatic rings. The van der Waals surface area contributed by atoms with Crippen molar-refractivity contribution < 1.29 is 28.2 Å². The van der Waals surface area contributed by atoms with Gasteiger partial charge in [0.1, 0.15) is 17.1 Å². The van der Waals surface area contributed by atoms with E-state index in [2.05, 4.69) is 5.32 Å². The van der Waals surface area contributed by atoms with Crippen LogP contribution in [-0.4, -0.2) is 36.0 Å². The number of esters is 1. The van der Waals surface area contributed by atoms with Crippen molar-refractivity contribution in [1.82, 2.24) is 0 Å². The van der Waals surface area contributed by atoms with Gasteiger partial charge < -0.3 is 14.8 Å². The van der Waals surface area contributed by atoms with E-state index in [-0.39, 0.29) is 5.91 Å². The Bertz CT molecular complexity index is 942. The van der Waals surface area contributed by atoms with Crippen LogP contribution < -0.4 is 15.0 Å². The lowest BCUT2D eigenvalue weighted by Crippen LogP contribution is -2.59. The Kier molecular flexibility index (Phi) is 5.54. The summed E-state index contributed by atoms with van der Waals surface area (Å²) in [5.74, 6) is -1.77. The van der Waals surface area contributed by atoms with Crippen molar-refractivity contribution in [3.8, 4) is 5.75 Å². The molecule has 0 aromatic heterocycles. The van der Waals surface area contributed by atoms with Crippen molar-refractivity contribution in [2.75, 3.05) is 16.8 Å². The van der Waals surface area contributed by atoms with Gasteiger partial charge in [0.2, 0.25) is 5.91 Å². The SMILES string of the molecule is C[C@@H](Oc1ccc(F)cc1)C(=O)OCC(=O)N1c2ccccc2NC(=O)C1(C)C. The molecule has 1 aliphatic heterocycles. The van der Waals surface area contributed by atoms with Crippen LogP contribution >= 0.6 is 0 Å². The molecule has 1 heterocycles. The summed E-state index contributed by atoms with van der Waals surface area (Å²) in [5, 5.41) is 2.76. The third-order valence-electron chi connectivity index (χ3n) is 4.55. The third-order valence-corrected chi connectivity index (χ3v) is 4.55. The Morgan fingerprint density at radius 3 is 2.48 bits per heavy atom. The highest BCUT2D eigenvalue weighted by Gasteiger charge is 2.43. The maximum atomic E-state index is 12.9. The minimum atomic E-state index is -1.16. The predicted molar refractivity (Wildman–Crippen MR) is 104 cm³/mol. The number of nitrogens with one attached hydrogen (secondary N) is 1. The number of carbonyl (C=O) groups excluding carboxylic acids is 3. The summed E-state index contributed by atoms with van der Waals surface area (Å²) < 4.78 is 23.4. The van der Waals surface area contributed by atoms with Gasteiger partial charge >= 0.3 is 5.97 Å². The molecule has 0 bridgehead atoms. The Morgan fingerprint density at radius 2 is 1.79 bits per heavy atom. The van der Waals surface area contributed by atoms with Crippen molar-refractivity contribution in [2.24, 2.45) is 0 Å². The summed E-state index contributed by atoms with van der Waals surface area (Å²) in [7, 11) is 0. The van der Waals surface area contributed by atoms with Crippen LogP contribution in [0.3, 0.4) is 0 Å². The lowest BCUT2D eigenvalue weighted by atomic mass is 9.96. The molecule has 0 saturated heterocycles. The molecule has 3 rings (SSSR count). The lowest BCUT2D eigenvalue weighted by molar-refractivity contribution is -0.154. The number of hydrogen-bond acceptors (Lipinski definition) is 5. The molecule has 0 unspecified atom stereocenters. The zero-order valence-electron chi connectivity index (χ0n) is 16.3. The summed E-state index contributed by atoms with van der Waals surface area (Å²) in [6.07, 6.45) is -1.00. The molecule has 8 heteroatoms. The average molecular weight is 400 g/mol. The summed E-state index contributed by atoms with van der Waals surface area (Å²) in [5.41, 5.74) is -0.132. The van der Waals surface area contributed by atoms with Gasteiger partial charge in [0.15, 0.2) is 12.7 Å². The van der Waals surface area contributed by atoms with Gasteiger partial charge in [-0.2, -0.15) is 0 Å². The van der Waals surface area contributed by atoms with E-state index in [9.17, 15) is 18.8 Å². The second-order valence-corrected chi connectivity index (χ2v) is 7.08. The van der Waals surface area contributed by atoms with Crippen molar-refractivity contribution in [2.45, 2.75) is 32.4 Å². The number of carbonyl (C=O) groups is 3. The summed E-state index contributed by atoms with van der Waals surface area (Å²) in [6, 6.07) is 12.1. The van der Waals surface area contributed by atoms with E-state index in [0.29, 0.717) is 17.1 Å². The second kappa shape index (κ2) is 7.90. The minimum absolute atomic E-state index is 0.296. The fraction of sp³-hybridized carbons (Fsp3) is 0.286. The van der Waals surface area contributed by atoms with E-state index in [4.69, 9.17) is 9.47 Å². The van der Waals surface area contributed by atoms with Gasteiger partial charge in [-0.15, -0.1) is 0 Å². The maximum absolute atomic E-state index is 12.9. The zero-order chi connectivity index (χ0) is 21.2. The van der Waals surface area contributed by atoms with Crippen LogP contribution in [0.25, 0.3) is 0 Å². The molecular formula is C21H21FN2O5. The van der Waals surface area contributed by atoms with Gasteiger partial charge in [0.25, 0.3) is 5.91 Å². The van der Waals surface area contributed by atoms with Crippen molar-refractivity contribution >= 4 is 29.2 Å². The molecule has 0 aliphatic carbocycles. The fourth-order valence-corrected chi connectivity index (χ4v) is 2.98. The minimum Gasteiger partial charge on any atom is -0.479 e. The van der Waals surface area contributed by atoms with Gasteiger partial charge in [-0.3, -0.25) is 14.5 Å². The summed E-state index contributed by atoms with van der Waals surface area (Å²) >= 11 is 0. The third kappa shape index (κ3) is 4.21. The number of para-hydroxylation sites is 2. The molecule has 29 heavy (non-hydrogen) atoms. The number of halogens is 1. The molecule has 1 N–H and O–H groups in total. The number of amides is 2. The Labute approximate surface area is 167 Å². The van der Waals surface area contributed by atoms with Crippen LogP contribution in [0.5, 0.6) is 5.75 Å². The Hall–Kier alpha value is -3.42. The average Bonchev–Trinajstić information content (AvgIpc) is 2.68. The standard InChI is InChI=1S/C21H21FN2O5/c1-13(29-15-10-8-14(22)9-11-15)19(26)28-12-18(25)24-17-7-5-4-6-16(17)23-20(27)21(24,2)3/h4-11,13H,12H2,1-3H3,(H,23,27)/t13-/m1/s1. The highest BCUT2D eigenvalue weighted by atomic mass is 19.1. The molecule has 0 saturated carbocycles. The van der Waals surface area contributed by atoms with E-state index >= 15 is 0 Å². The van der Waals surface area contributed by atoms with Crippen LogP contribution in [-0.2, 0) is 19.1 Å². The zero-order valence-corrected chi connectivity index (χ0v) is 16.3. The first-order valence-corrected chi connectivity index (χ1v) is 9.02. The first-order valence-electron chi connectivity index (χ1n) is 9.02. The molecule has 7 nitrogen and oxygen atoms in total. The molecule has 0 radical (unpaired) electrons. The number of nitrogens with zero attached hydrogens (tertiary/aromatic N) is 1. The lowest BCUT2D eigenvalue weighted by Gasteiger charge is -2.41. The monoisotopic (exact) mass is 400 g/mol. The van der Waals surface area contributed by atoms with Gasteiger partial charge in [-0.25, -0.2) is 9.18 Å². The molecular weight excluding hydrogens is 379 g/mol. The van der Waals surface area contributed by atoms with Gasteiger partial charge in [-0.05, 0) is 57.2 Å². The van der Waals surface area contributed by atoms with Crippen molar-refractivity contribution in [1.29, 1.82) is 0 Å². The number of anilines is 2. The van der Waals surface area contributed by atoms with Crippen molar-refractivity contribution in [3.63, 3.8) is 0 Å². The van der Waals surface area contributed by atoms with Gasteiger partial charge in [0.05, 0.1) is 11.4 Å². The number of benzene rings is 2. The highest BCUT2D eigenvalue weighted by Crippen LogP contribution is 2.36. The maximum Gasteiger partial charge on any atom is 0.347 e. The van der Waals surface area contributed by atoms with Gasteiger partial charge in [-0.1, -0.05) is 12.1 Å². The number of hydrogen-bond donors (Lipinski definition) is 1. The van der Waals surface area contributed by atoms with E-state index in [1.54, 1.807) is 38.1 Å². The van der Waals surface area contributed by atoms with Gasteiger partial charge in [0, 0.05) is 0 Å². The molecule has 2 aromatic carbocycles. The molecule has 0 spiro atoms. The summed E-state index contributed by atoms with van der Waals surface area (Å²) in [6.45, 7) is 4.13. The quantitative estimate of drug-likeness (QED) is 0.780. The first-order chi connectivity index (χ1) is 13.7. The van der Waals surface area contributed by atoms with Crippen LogP contribution in [0.4, 0.5) is 15.8 Å². The molecule has 1 atom stereocenters. The Morgan fingerprint density at radius 1 is 1.14 bits per heavy atom. The van der Waals surface area contributed by atoms with Crippen LogP contribution in [0.2, 0.25) is 0 Å². The predicted octanol–water partition coefficient (Wildman–Crippen LogP) is 2.90. The first kappa shape index (κ1) is 20.3. The van der Waals surface area contributed by atoms with E-state index in [1.165, 1.54) is 36.1 Å². The number of rotatable bonds is 5. The van der Waals surface area contributed by atoms with Crippen LogP contribution in [0.15, 0.2) is 48.5 Å². The normalized spacial score (nSPS) is 15.7.